The van der Waals surface area contributed by atoms with Crippen LogP contribution in [0.15, 0.2) is 18.2 Å². The van der Waals surface area contributed by atoms with E-state index in [9.17, 15) is 0 Å². The third-order valence-electron chi connectivity index (χ3n) is 3.61. The number of ether oxygens (including phenoxy) is 1. The van der Waals surface area contributed by atoms with Gasteiger partial charge < -0.3 is 10.5 Å². The molecule has 0 aliphatic heterocycles. The number of hydrogen-bond donors (Lipinski definition) is 1. The summed E-state index contributed by atoms with van der Waals surface area (Å²) >= 11 is 0. The van der Waals surface area contributed by atoms with Gasteiger partial charge in [0.05, 0.1) is 18.4 Å². The quantitative estimate of drug-likeness (QED) is 0.870. The highest BCUT2D eigenvalue weighted by Crippen LogP contribution is 2.28. The Kier molecular flexibility index (Phi) is 4.37. The second kappa shape index (κ2) is 6.01. The van der Waals surface area contributed by atoms with Crippen molar-refractivity contribution in [3.63, 3.8) is 0 Å². The maximum atomic E-state index is 5.94. The van der Waals surface area contributed by atoms with Crippen LogP contribution in [0.1, 0.15) is 44.7 Å². The van der Waals surface area contributed by atoms with E-state index in [4.69, 9.17) is 10.5 Å². The fourth-order valence-electron chi connectivity index (χ4n) is 2.55. The molecule has 1 fully saturated rings. The summed E-state index contributed by atoms with van der Waals surface area (Å²) in [5, 5.41) is 0. The number of nitrogen functional groups attached to an aromatic ring is 1. The van der Waals surface area contributed by atoms with E-state index >= 15 is 0 Å². The summed E-state index contributed by atoms with van der Waals surface area (Å²) in [7, 11) is 0. The van der Waals surface area contributed by atoms with Crippen LogP contribution in [-0.2, 0) is 11.3 Å². The Morgan fingerprint density at radius 2 is 2.29 bits per heavy atom. The summed E-state index contributed by atoms with van der Waals surface area (Å²) in [6.07, 6.45) is 6.76. The van der Waals surface area contributed by atoms with Gasteiger partial charge in [-0.05, 0) is 30.9 Å². The van der Waals surface area contributed by atoms with E-state index in [1.807, 2.05) is 12.1 Å². The molecule has 2 rings (SSSR count). The minimum atomic E-state index is 0.414. The zero-order valence-corrected chi connectivity index (χ0v) is 10.6. The van der Waals surface area contributed by atoms with Gasteiger partial charge >= 0.3 is 0 Å². The molecule has 1 aromatic heterocycles. The van der Waals surface area contributed by atoms with E-state index in [0.717, 1.165) is 11.6 Å². The van der Waals surface area contributed by atoms with Crippen molar-refractivity contribution in [1.29, 1.82) is 0 Å². The predicted molar refractivity (Wildman–Crippen MR) is 69.5 cm³/mol. The van der Waals surface area contributed by atoms with Crippen molar-refractivity contribution in [3.8, 4) is 0 Å². The first-order valence-corrected chi connectivity index (χ1v) is 6.61. The van der Waals surface area contributed by atoms with Crippen molar-refractivity contribution in [3.05, 3.63) is 23.9 Å². The molecular formula is C14H22N2O. The molecule has 2 unspecified atom stereocenters. The van der Waals surface area contributed by atoms with Gasteiger partial charge in [0.25, 0.3) is 0 Å². The molecule has 3 heteroatoms. The van der Waals surface area contributed by atoms with Crippen LogP contribution in [0.25, 0.3) is 0 Å². The number of hydrogen-bond acceptors (Lipinski definition) is 3. The molecular weight excluding hydrogens is 212 g/mol. The second-order valence-corrected chi connectivity index (χ2v) is 4.93. The van der Waals surface area contributed by atoms with E-state index in [1.54, 1.807) is 6.07 Å². The molecule has 1 aliphatic rings. The van der Waals surface area contributed by atoms with Crippen LogP contribution in [0.2, 0.25) is 0 Å². The highest BCUT2D eigenvalue weighted by molar-refractivity contribution is 5.28. The molecule has 1 saturated carbocycles. The topological polar surface area (TPSA) is 48.1 Å². The van der Waals surface area contributed by atoms with Crippen LogP contribution in [-0.4, -0.2) is 11.1 Å². The number of pyridine rings is 1. The van der Waals surface area contributed by atoms with Gasteiger partial charge in [-0.3, -0.25) is 0 Å². The lowest BCUT2D eigenvalue weighted by Crippen LogP contribution is -2.22. The first-order valence-electron chi connectivity index (χ1n) is 6.61. The van der Waals surface area contributed by atoms with Crippen LogP contribution in [0.3, 0.4) is 0 Å². The van der Waals surface area contributed by atoms with Crippen molar-refractivity contribution in [2.45, 2.75) is 51.7 Å². The molecule has 17 heavy (non-hydrogen) atoms. The molecule has 2 atom stereocenters. The number of anilines is 1. The van der Waals surface area contributed by atoms with Crippen molar-refractivity contribution in [1.82, 2.24) is 4.98 Å². The van der Waals surface area contributed by atoms with Crippen molar-refractivity contribution in [2.75, 3.05) is 5.73 Å². The predicted octanol–water partition coefficient (Wildman–Crippen LogP) is 3.15. The summed E-state index contributed by atoms with van der Waals surface area (Å²) in [5.41, 5.74) is 6.58. The molecule has 0 bridgehead atoms. The fraction of sp³-hybridized carbons (Fsp3) is 0.643. The molecule has 94 valence electrons. The van der Waals surface area contributed by atoms with Gasteiger partial charge in [-0.2, -0.15) is 0 Å². The summed E-state index contributed by atoms with van der Waals surface area (Å²) in [6.45, 7) is 2.86. The van der Waals surface area contributed by atoms with Crippen molar-refractivity contribution >= 4 is 5.82 Å². The number of rotatable bonds is 4. The number of nitrogens with two attached hydrogens (primary N) is 1. The third kappa shape index (κ3) is 3.70. The lowest BCUT2D eigenvalue weighted by atomic mass is 9.85. The molecule has 2 N–H and O–H groups in total. The molecule has 1 aromatic rings. The van der Waals surface area contributed by atoms with E-state index in [2.05, 4.69) is 11.9 Å². The smallest absolute Gasteiger partial charge is 0.123 e. The van der Waals surface area contributed by atoms with E-state index < -0.39 is 0 Å². The van der Waals surface area contributed by atoms with E-state index in [1.165, 1.54) is 32.1 Å². The van der Waals surface area contributed by atoms with Crippen LogP contribution in [0, 0.1) is 5.92 Å². The molecule has 3 nitrogen and oxygen atoms in total. The largest absolute Gasteiger partial charge is 0.384 e. The Morgan fingerprint density at radius 1 is 1.41 bits per heavy atom. The second-order valence-electron chi connectivity index (χ2n) is 4.93. The van der Waals surface area contributed by atoms with Gasteiger partial charge in [-0.15, -0.1) is 0 Å². The number of nitrogens with zero attached hydrogens (tertiary/aromatic N) is 1. The lowest BCUT2D eigenvalue weighted by Gasteiger charge is -2.28. The fourth-order valence-corrected chi connectivity index (χ4v) is 2.55. The van der Waals surface area contributed by atoms with Crippen molar-refractivity contribution < 1.29 is 4.74 Å². The highest BCUT2D eigenvalue weighted by Gasteiger charge is 2.21. The van der Waals surface area contributed by atoms with Gasteiger partial charge in [0, 0.05) is 0 Å². The zero-order valence-electron chi connectivity index (χ0n) is 10.6. The monoisotopic (exact) mass is 234 g/mol. The Hall–Kier alpha value is -1.09. The maximum absolute atomic E-state index is 5.94. The van der Waals surface area contributed by atoms with Gasteiger partial charge in [0.15, 0.2) is 0 Å². The van der Waals surface area contributed by atoms with Crippen LogP contribution < -0.4 is 5.73 Å². The van der Waals surface area contributed by atoms with Gasteiger partial charge in [0.1, 0.15) is 5.82 Å². The molecule has 1 heterocycles. The maximum Gasteiger partial charge on any atom is 0.123 e. The first-order chi connectivity index (χ1) is 8.28. The first kappa shape index (κ1) is 12.4. The van der Waals surface area contributed by atoms with Gasteiger partial charge in [-0.25, -0.2) is 4.98 Å². The Labute approximate surface area is 103 Å². The van der Waals surface area contributed by atoms with Gasteiger partial charge in [-0.1, -0.05) is 32.3 Å². The summed E-state index contributed by atoms with van der Waals surface area (Å²) in [4.78, 5) is 4.25. The average Bonchev–Trinajstić information content (AvgIpc) is 2.37. The minimum Gasteiger partial charge on any atom is -0.384 e. The molecule has 0 aromatic carbocycles. The zero-order chi connectivity index (χ0) is 12.1. The molecule has 1 aliphatic carbocycles. The van der Waals surface area contributed by atoms with E-state index in [0.29, 0.717) is 18.5 Å². The molecule has 0 radical (unpaired) electrons. The minimum absolute atomic E-state index is 0.414. The number of aromatic nitrogens is 1. The lowest BCUT2D eigenvalue weighted by molar-refractivity contribution is 0.000396. The highest BCUT2D eigenvalue weighted by atomic mass is 16.5. The average molecular weight is 234 g/mol. The van der Waals surface area contributed by atoms with Gasteiger partial charge in [0.2, 0.25) is 0 Å². The SMILES string of the molecule is CCC1CCCC(OCc2cccc(N)n2)C1. The summed E-state index contributed by atoms with van der Waals surface area (Å²) < 4.78 is 5.94. The molecule has 0 spiro atoms. The van der Waals surface area contributed by atoms with Crippen LogP contribution in [0.5, 0.6) is 0 Å². The normalized spacial score (nSPS) is 24.8. The van der Waals surface area contributed by atoms with E-state index in [-0.39, 0.29) is 0 Å². The molecule has 0 amide bonds. The standard InChI is InChI=1S/C14H22N2O/c1-2-11-5-3-7-13(9-11)17-10-12-6-4-8-14(15)16-12/h4,6,8,11,13H,2-3,5,7,9-10H2,1H3,(H2,15,16). The summed E-state index contributed by atoms with van der Waals surface area (Å²) in [5.74, 6) is 1.42. The molecule has 0 saturated heterocycles. The third-order valence-corrected chi connectivity index (χ3v) is 3.61. The Balaban J connectivity index is 1.81. The summed E-state index contributed by atoms with van der Waals surface area (Å²) in [6, 6.07) is 5.70. The Morgan fingerprint density at radius 3 is 3.06 bits per heavy atom. The Bertz CT molecular complexity index is 354. The van der Waals surface area contributed by atoms with Crippen molar-refractivity contribution in [2.24, 2.45) is 5.92 Å². The van der Waals surface area contributed by atoms with Crippen LogP contribution in [0.4, 0.5) is 5.82 Å². The van der Waals surface area contributed by atoms with Crippen LogP contribution >= 0.6 is 0 Å².